The minimum atomic E-state index is 0.746. The Kier molecular flexibility index (Phi) is 5.84. The fourth-order valence-corrected chi connectivity index (χ4v) is 2.90. The summed E-state index contributed by atoms with van der Waals surface area (Å²) in [5.74, 6) is 0. The van der Waals surface area contributed by atoms with Crippen LogP contribution in [0.2, 0.25) is 5.02 Å². The van der Waals surface area contributed by atoms with Crippen LogP contribution < -0.4 is 0 Å². The van der Waals surface area contributed by atoms with Crippen molar-refractivity contribution in [3.8, 4) is 0 Å². The highest BCUT2D eigenvalue weighted by Crippen LogP contribution is 2.32. The van der Waals surface area contributed by atoms with Crippen LogP contribution in [0.25, 0.3) is 0 Å². The maximum absolute atomic E-state index is 6.60. The Bertz CT molecular complexity index is 700. The predicted octanol–water partition coefficient (Wildman–Crippen LogP) is 5.47. The van der Waals surface area contributed by atoms with Crippen LogP contribution in [0.15, 0.2) is 35.3 Å². The number of hydrogen-bond donors (Lipinski definition) is 0. The highest BCUT2D eigenvalue weighted by atomic mass is 35.5. The van der Waals surface area contributed by atoms with Gasteiger partial charge in [0.2, 0.25) is 0 Å². The van der Waals surface area contributed by atoms with Gasteiger partial charge in [0.05, 0.1) is 17.0 Å². The third-order valence-corrected chi connectivity index (χ3v) is 4.28. The molecule has 0 N–H and O–H groups in total. The minimum Gasteiger partial charge on any atom is -0.366 e. The van der Waals surface area contributed by atoms with Crippen molar-refractivity contribution in [2.75, 3.05) is 13.6 Å². The molecule has 0 saturated heterocycles. The Hall–Kier alpha value is -1.80. The molecule has 0 atom stereocenters. The Morgan fingerprint density at radius 1 is 1.00 bits per heavy atom. The number of rotatable bonds is 5. The summed E-state index contributed by atoms with van der Waals surface area (Å²) in [7, 11) is 2.00. The van der Waals surface area contributed by atoms with E-state index in [1.54, 1.807) is 0 Å². The summed E-state index contributed by atoms with van der Waals surface area (Å²) in [6.07, 6.45) is 2.66. The molecule has 0 aliphatic rings. The van der Waals surface area contributed by atoms with Gasteiger partial charge in [0, 0.05) is 13.6 Å². The van der Waals surface area contributed by atoms with E-state index in [2.05, 4.69) is 57.0 Å². The summed E-state index contributed by atoms with van der Waals surface area (Å²) in [6.45, 7) is 9.36. The summed E-state index contributed by atoms with van der Waals surface area (Å²) in [5, 5.41) is 0.746. The van der Waals surface area contributed by atoms with Crippen LogP contribution in [0, 0.1) is 20.8 Å². The molecule has 122 valence electrons. The Labute approximate surface area is 144 Å². The van der Waals surface area contributed by atoms with E-state index < -0.39 is 0 Å². The van der Waals surface area contributed by atoms with Crippen molar-refractivity contribution in [1.82, 2.24) is 4.90 Å². The van der Waals surface area contributed by atoms with E-state index in [4.69, 9.17) is 11.6 Å². The molecule has 3 heteroatoms. The number of aliphatic imine (C=N–C) groups is 1. The fourth-order valence-electron chi connectivity index (χ4n) is 2.68. The third-order valence-electron chi connectivity index (χ3n) is 3.84. The zero-order valence-electron chi connectivity index (χ0n) is 14.7. The van der Waals surface area contributed by atoms with E-state index in [0.29, 0.717) is 0 Å². The number of benzene rings is 2. The van der Waals surface area contributed by atoms with Gasteiger partial charge in [-0.05, 0) is 56.9 Å². The van der Waals surface area contributed by atoms with Gasteiger partial charge >= 0.3 is 0 Å². The molecule has 2 aromatic rings. The van der Waals surface area contributed by atoms with Gasteiger partial charge in [0.1, 0.15) is 0 Å². The lowest BCUT2D eigenvalue weighted by molar-refractivity contribution is 0.552. The molecule has 0 radical (unpaired) electrons. The monoisotopic (exact) mass is 328 g/mol. The van der Waals surface area contributed by atoms with Crippen molar-refractivity contribution in [1.29, 1.82) is 0 Å². The Morgan fingerprint density at radius 3 is 2.22 bits per heavy atom. The quantitative estimate of drug-likeness (QED) is 0.525. The van der Waals surface area contributed by atoms with E-state index in [1.165, 1.54) is 22.3 Å². The molecule has 2 rings (SSSR count). The third kappa shape index (κ3) is 4.84. The van der Waals surface area contributed by atoms with Gasteiger partial charge in [-0.15, -0.1) is 0 Å². The van der Waals surface area contributed by atoms with Crippen molar-refractivity contribution in [2.24, 2.45) is 4.99 Å². The highest BCUT2D eigenvalue weighted by Gasteiger charge is 2.09. The maximum Gasteiger partial charge on any atom is 0.0910 e. The first-order valence-corrected chi connectivity index (χ1v) is 8.37. The molecule has 0 aliphatic carbocycles. The lowest BCUT2D eigenvalue weighted by Crippen LogP contribution is -2.14. The van der Waals surface area contributed by atoms with E-state index in [0.717, 1.165) is 29.2 Å². The first-order valence-electron chi connectivity index (χ1n) is 7.99. The summed E-state index contributed by atoms with van der Waals surface area (Å²) < 4.78 is 0. The van der Waals surface area contributed by atoms with Crippen molar-refractivity contribution in [2.45, 2.75) is 34.1 Å². The molecule has 0 saturated carbocycles. The zero-order chi connectivity index (χ0) is 17.0. The summed E-state index contributed by atoms with van der Waals surface area (Å²) in [6, 6.07) is 10.8. The molecule has 0 amide bonds. The van der Waals surface area contributed by atoms with Crippen molar-refractivity contribution < 1.29 is 0 Å². The molecule has 0 aliphatic heterocycles. The second-order valence-corrected chi connectivity index (χ2v) is 6.63. The first kappa shape index (κ1) is 17.6. The molecule has 0 aromatic heterocycles. The largest absolute Gasteiger partial charge is 0.366 e. The van der Waals surface area contributed by atoms with Crippen LogP contribution in [0.1, 0.15) is 34.7 Å². The zero-order valence-corrected chi connectivity index (χ0v) is 15.4. The molecule has 2 aromatic carbocycles. The van der Waals surface area contributed by atoms with Crippen LogP contribution >= 0.6 is 11.6 Å². The van der Waals surface area contributed by atoms with Crippen LogP contribution in [0.5, 0.6) is 0 Å². The molecular weight excluding hydrogens is 304 g/mol. The lowest BCUT2D eigenvalue weighted by atomic mass is 9.99. The van der Waals surface area contributed by atoms with Crippen molar-refractivity contribution in [3.63, 3.8) is 0 Å². The molecule has 0 bridgehead atoms. The highest BCUT2D eigenvalue weighted by molar-refractivity contribution is 6.33. The van der Waals surface area contributed by atoms with Crippen LogP contribution in [0.4, 0.5) is 5.69 Å². The van der Waals surface area contributed by atoms with Gasteiger partial charge in [-0.1, -0.05) is 47.0 Å². The second-order valence-electron chi connectivity index (χ2n) is 6.25. The van der Waals surface area contributed by atoms with Crippen LogP contribution in [-0.2, 0) is 6.42 Å². The predicted molar refractivity (Wildman–Crippen MR) is 101 cm³/mol. The summed E-state index contributed by atoms with van der Waals surface area (Å²) >= 11 is 6.60. The van der Waals surface area contributed by atoms with Crippen molar-refractivity contribution in [3.05, 3.63) is 63.2 Å². The SMILES string of the molecule is CCN(C)/C=N\c1cc(C)cc(Cc2cc(C)cc(C)c2)c1Cl. The molecule has 0 unspecified atom stereocenters. The lowest BCUT2D eigenvalue weighted by Gasteiger charge is -2.12. The van der Waals surface area contributed by atoms with Gasteiger partial charge in [0.15, 0.2) is 0 Å². The molecule has 0 fully saturated rings. The van der Waals surface area contributed by atoms with Gasteiger partial charge in [-0.2, -0.15) is 0 Å². The van der Waals surface area contributed by atoms with Crippen molar-refractivity contribution >= 4 is 23.6 Å². The first-order chi connectivity index (χ1) is 10.9. The minimum absolute atomic E-state index is 0.746. The standard InChI is InChI=1S/C20H25ClN2/c1-6-23(5)13-22-19-11-16(4)10-18(20(19)21)12-17-8-14(2)7-15(3)9-17/h7-11,13H,6,12H2,1-5H3/b22-13-. The maximum atomic E-state index is 6.60. The average molecular weight is 329 g/mol. The molecule has 0 spiro atoms. The van der Waals surface area contributed by atoms with Crippen LogP contribution in [-0.4, -0.2) is 24.8 Å². The number of nitrogens with zero attached hydrogens (tertiary/aromatic N) is 2. The summed E-state index contributed by atoms with van der Waals surface area (Å²) in [5.41, 5.74) is 7.00. The average Bonchev–Trinajstić information content (AvgIpc) is 2.47. The number of aryl methyl sites for hydroxylation is 3. The molecule has 23 heavy (non-hydrogen) atoms. The van der Waals surface area contributed by atoms with Gasteiger partial charge in [0.25, 0.3) is 0 Å². The molecule has 2 nitrogen and oxygen atoms in total. The number of halogens is 1. The van der Waals surface area contributed by atoms with E-state index in [1.807, 2.05) is 24.4 Å². The van der Waals surface area contributed by atoms with Crippen LogP contribution in [0.3, 0.4) is 0 Å². The molecule has 0 heterocycles. The smallest absolute Gasteiger partial charge is 0.0910 e. The van der Waals surface area contributed by atoms with Gasteiger partial charge in [-0.3, -0.25) is 0 Å². The number of hydrogen-bond acceptors (Lipinski definition) is 1. The topological polar surface area (TPSA) is 15.6 Å². The van der Waals surface area contributed by atoms with Gasteiger partial charge < -0.3 is 4.90 Å². The summed E-state index contributed by atoms with van der Waals surface area (Å²) in [4.78, 5) is 6.57. The van der Waals surface area contributed by atoms with E-state index in [9.17, 15) is 0 Å². The van der Waals surface area contributed by atoms with E-state index in [-0.39, 0.29) is 0 Å². The Morgan fingerprint density at radius 2 is 1.61 bits per heavy atom. The molecular formula is C20H25ClN2. The van der Waals surface area contributed by atoms with E-state index >= 15 is 0 Å². The van der Waals surface area contributed by atoms with Gasteiger partial charge in [-0.25, -0.2) is 4.99 Å². The normalized spacial score (nSPS) is 11.2. The fraction of sp³-hybridized carbons (Fsp3) is 0.350. The second kappa shape index (κ2) is 7.65. The Balaban J connectivity index is 2.35.